The zero-order valence-corrected chi connectivity index (χ0v) is 13.4. The van der Waals surface area contributed by atoms with Crippen LogP contribution in [0.15, 0.2) is 6.07 Å². The molecule has 1 aliphatic heterocycles. The number of nitrogens with one attached hydrogen (secondary N) is 1. The number of carbonyl (C=O) groups excluding carboxylic acids is 1. The largest absolute Gasteiger partial charge is 0.339 e. The summed E-state index contributed by atoms with van der Waals surface area (Å²) in [5.74, 6) is 0.862. The van der Waals surface area contributed by atoms with Crippen molar-refractivity contribution in [3.8, 4) is 0 Å². The molecule has 5 heteroatoms. The summed E-state index contributed by atoms with van der Waals surface area (Å²) in [7, 11) is 1.99. The van der Waals surface area contributed by atoms with Crippen molar-refractivity contribution in [3.63, 3.8) is 0 Å². The van der Waals surface area contributed by atoms with Crippen molar-refractivity contribution >= 4 is 5.91 Å². The number of piperidine rings is 1. The first-order valence-corrected chi connectivity index (χ1v) is 7.92. The molecule has 0 spiro atoms. The molecule has 2 heterocycles. The fraction of sp³-hybridized carbons (Fsp3) is 0.688. The van der Waals surface area contributed by atoms with Gasteiger partial charge < -0.3 is 10.2 Å². The minimum absolute atomic E-state index is 0.122. The highest BCUT2D eigenvalue weighted by Crippen LogP contribution is 2.22. The van der Waals surface area contributed by atoms with Gasteiger partial charge in [0.1, 0.15) is 0 Å². The summed E-state index contributed by atoms with van der Waals surface area (Å²) in [6.07, 6.45) is 4.15. The molecular weight excluding hydrogens is 264 g/mol. The number of aromatic nitrogens is 2. The molecule has 1 fully saturated rings. The van der Waals surface area contributed by atoms with Gasteiger partial charge in [0, 0.05) is 13.1 Å². The molecule has 0 aromatic carbocycles. The smallest absolute Gasteiger partial charge is 0.255 e. The molecule has 116 valence electrons. The van der Waals surface area contributed by atoms with Gasteiger partial charge >= 0.3 is 0 Å². The van der Waals surface area contributed by atoms with Gasteiger partial charge in [-0.2, -0.15) is 10.2 Å². The molecule has 1 N–H and O–H groups in total. The Morgan fingerprint density at radius 2 is 2.10 bits per heavy atom. The number of likely N-dealkylation sites (tertiary alicyclic amines) is 1. The number of nitrogens with zero attached hydrogens (tertiary/aromatic N) is 3. The molecule has 0 atom stereocenters. The van der Waals surface area contributed by atoms with Crippen LogP contribution in [0.2, 0.25) is 0 Å². The van der Waals surface area contributed by atoms with Crippen LogP contribution in [0.1, 0.15) is 47.9 Å². The van der Waals surface area contributed by atoms with Gasteiger partial charge in [-0.25, -0.2) is 0 Å². The summed E-state index contributed by atoms with van der Waals surface area (Å²) < 4.78 is 0. The van der Waals surface area contributed by atoms with E-state index in [4.69, 9.17) is 0 Å². The molecule has 21 heavy (non-hydrogen) atoms. The molecule has 0 unspecified atom stereocenters. The van der Waals surface area contributed by atoms with Crippen LogP contribution in [-0.4, -0.2) is 47.7 Å². The van der Waals surface area contributed by atoms with E-state index in [-0.39, 0.29) is 5.91 Å². The van der Waals surface area contributed by atoms with E-state index in [1.54, 1.807) is 0 Å². The normalized spacial score (nSPS) is 16.2. The number of hydrogen-bond acceptors (Lipinski definition) is 4. The fourth-order valence-electron chi connectivity index (χ4n) is 2.90. The van der Waals surface area contributed by atoms with E-state index in [1.165, 1.54) is 6.42 Å². The predicted molar refractivity (Wildman–Crippen MR) is 83.3 cm³/mol. The van der Waals surface area contributed by atoms with Gasteiger partial charge in [-0.05, 0) is 58.2 Å². The van der Waals surface area contributed by atoms with Crippen LogP contribution in [-0.2, 0) is 6.42 Å². The molecule has 2 rings (SSSR count). The summed E-state index contributed by atoms with van der Waals surface area (Å²) in [6, 6.07) is 1.88. The highest BCUT2D eigenvalue weighted by atomic mass is 16.2. The Bertz CT molecular complexity index is 481. The number of hydrogen-bond donors (Lipinski definition) is 1. The topological polar surface area (TPSA) is 58.1 Å². The SMILES string of the molecule is CCc1nnc(C)cc1C(=O)N1CCC(CCNC)CC1. The lowest BCUT2D eigenvalue weighted by atomic mass is 9.93. The maximum absolute atomic E-state index is 12.7. The third kappa shape index (κ3) is 4.00. The van der Waals surface area contributed by atoms with Gasteiger partial charge in [-0.1, -0.05) is 6.92 Å². The summed E-state index contributed by atoms with van der Waals surface area (Å²) in [5, 5.41) is 11.4. The quantitative estimate of drug-likeness (QED) is 0.898. The zero-order valence-electron chi connectivity index (χ0n) is 13.4. The van der Waals surface area contributed by atoms with Crippen molar-refractivity contribution in [1.29, 1.82) is 0 Å². The molecule has 0 aliphatic carbocycles. The first kappa shape index (κ1) is 15.9. The molecule has 0 saturated carbocycles. The molecule has 1 aromatic rings. The van der Waals surface area contributed by atoms with Crippen molar-refractivity contribution in [3.05, 3.63) is 23.0 Å². The Kier molecular flexibility index (Phi) is 5.67. The maximum atomic E-state index is 12.7. The zero-order chi connectivity index (χ0) is 15.2. The lowest BCUT2D eigenvalue weighted by molar-refractivity contribution is 0.0685. The monoisotopic (exact) mass is 290 g/mol. The Labute approximate surface area is 127 Å². The second-order valence-electron chi connectivity index (χ2n) is 5.83. The van der Waals surface area contributed by atoms with Crippen LogP contribution in [0.4, 0.5) is 0 Å². The average molecular weight is 290 g/mol. The number of aryl methyl sites for hydroxylation is 2. The van der Waals surface area contributed by atoms with Gasteiger partial charge in [-0.3, -0.25) is 4.79 Å². The summed E-state index contributed by atoms with van der Waals surface area (Å²) >= 11 is 0. The van der Waals surface area contributed by atoms with Crippen molar-refractivity contribution in [2.45, 2.75) is 39.5 Å². The number of rotatable bonds is 5. The first-order valence-electron chi connectivity index (χ1n) is 7.92. The van der Waals surface area contributed by atoms with Crippen molar-refractivity contribution in [2.24, 2.45) is 5.92 Å². The third-order valence-electron chi connectivity index (χ3n) is 4.26. The summed E-state index contributed by atoms with van der Waals surface area (Å²) in [4.78, 5) is 14.7. The van der Waals surface area contributed by atoms with Gasteiger partial charge in [-0.15, -0.1) is 0 Å². The lowest BCUT2D eigenvalue weighted by Gasteiger charge is -2.32. The second kappa shape index (κ2) is 7.50. The van der Waals surface area contributed by atoms with E-state index in [0.29, 0.717) is 0 Å². The standard InChI is InChI=1S/C16H26N4O/c1-4-15-14(11-12(2)18-19-15)16(21)20-9-6-13(7-10-20)5-8-17-3/h11,13,17H,4-10H2,1-3H3. The Morgan fingerprint density at radius 3 is 2.71 bits per heavy atom. The Morgan fingerprint density at radius 1 is 1.38 bits per heavy atom. The van der Waals surface area contributed by atoms with Gasteiger partial charge in [0.2, 0.25) is 0 Å². The van der Waals surface area contributed by atoms with Crippen molar-refractivity contribution < 1.29 is 4.79 Å². The molecule has 1 aromatic heterocycles. The molecule has 5 nitrogen and oxygen atoms in total. The van der Waals surface area contributed by atoms with E-state index in [2.05, 4.69) is 15.5 Å². The highest BCUT2D eigenvalue weighted by molar-refractivity contribution is 5.95. The van der Waals surface area contributed by atoms with Gasteiger partial charge in [0.15, 0.2) is 0 Å². The van der Waals surface area contributed by atoms with Crippen LogP contribution in [0.5, 0.6) is 0 Å². The lowest BCUT2D eigenvalue weighted by Crippen LogP contribution is -2.39. The highest BCUT2D eigenvalue weighted by Gasteiger charge is 2.25. The molecule has 1 saturated heterocycles. The molecule has 0 bridgehead atoms. The summed E-state index contributed by atoms with van der Waals surface area (Å²) in [5.41, 5.74) is 2.35. The molecule has 1 aliphatic rings. The number of carbonyl (C=O) groups is 1. The van der Waals surface area contributed by atoms with Crippen LogP contribution < -0.4 is 5.32 Å². The molecular formula is C16H26N4O. The second-order valence-corrected chi connectivity index (χ2v) is 5.83. The van der Waals surface area contributed by atoms with Crippen LogP contribution in [0.25, 0.3) is 0 Å². The third-order valence-corrected chi connectivity index (χ3v) is 4.26. The van der Waals surface area contributed by atoms with E-state index in [1.807, 2.05) is 31.9 Å². The van der Waals surface area contributed by atoms with E-state index < -0.39 is 0 Å². The minimum atomic E-state index is 0.122. The average Bonchev–Trinajstić information content (AvgIpc) is 2.52. The minimum Gasteiger partial charge on any atom is -0.339 e. The van der Waals surface area contributed by atoms with Crippen molar-refractivity contribution in [2.75, 3.05) is 26.7 Å². The first-order chi connectivity index (χ1) is 10.2. The maximum Gasteiger partial charge on any atom is 0.255 e. The Hall–Kier alpha value is -1.49. The van der Waals surface area contributed by atoms with Crippen molar-refractivity contribution in [1.82, 2.24) is 20.4 Å². The van der Waals surface area contributed by atoms with Gasteiger partial charge in [0.05, 0.1) is 17.0 Å². The van der Waals surface area contributed by atoms with E-state index in [9.17, 15) is 4.79 Å². The van der Waals surface area contributed by atoms with E-state index in [0.717, 1.165) is 61.8 Å². The van der Waals surface area contributed by atoms with Crippen LogP contribution in [0, 0.1) is 12.8 Å². The van der Waals surface area contributed by atoms with Crippen LogP contribution in [0.3, 0.4) is 0 Å². The molecule has 0 radical (unpaired) electrons. The molecule has 1 amide bonds. The fourth-order valence-corrected chi connectivity index (χ4v) is 2.90. The Balaban J connectivity index is 2.00. The predicted octanol–water partition coefficient (Wildman–Crippen LogP) is 1.81. The summed E-state index contributed by atoms with van der Waals surface area (Å²) in [6.45, 7) is 6.68. The number of amides is 1. The van der Waals surface area contributed by atoms with Gasteiger partial charge in [0.25, 0.3) is 5.91 Å². The van der Waals surface area contributed by atoms with E-state index >= 15 is 0 Å². The van der Waals surface area contributed by atoms with Crippen LogP contribution >= 0.6 is 0 Å².